The molecule has 0 atom stereocenters. The fraction of sp³-hybridized carbons (Fsp3) is 0. The molecule has 0 aliphatic rings. The van der Waals surface area contributed by atoms with Crippen molar-refractivity contribution < 1.29 is 0 Å². The van der Waals surface area contributed by atoms with Crippen LogP contribution in [0.25, 0.3) is 22.2 Å². The molecule has 0 radical (unpaired) electrons. The van der Waals surface area contributed by atoms with Gasteiger partial charge in [-0.05, 0) is 0 Å². The number of aromatic amines is 1. The molecule has 3 aromatic rings. The van der Waals surface area contributed by atoms with Crippen molar-refractivity contribution in [1.82, 2.24) is 18.2 Å². The third-order valence-corrected chi connectivity index (χ3v) is 3.23. The Labute approximate surface area is 86.2 Å². The monoisotopic (exact) mass is 250 g/mol. The van der Waals surface area contributed by atoms with Crippen LogP contribution in [-0.4, -0.2) is 33.1 Å². The van der Waals surface area contributed by atoms with Gasteiger partial charge in [0.25, 0.3) is 0 Å². The van der Waals surface area contributed by atoms with Crippen LogP contribution in [0, 0.1) is 0 Å². The second-order valence-corrected chi connectivity index (χ2v) is 4.03. The molecular formula is C9H6N4Se. The number of benzene rings is 1. The maximum absolute atomic E-state index is 4.41. The number of aromatic nitrogens is 4. The summed E-state index contributed by atoms with van der Waals surface area (Å²) in [5.41, 5.74) is 4.19. The van der Waals surface area contributed by atoms with Crippen LogP contribution in [0.5, 0.6) is 0 Å². The predicted octanol–water partition coefficient (Wildman–Crippen LogP) is 1.08. The molecule has 2 aromatic heterocycles. The van der Waals surface area contributed by atoms with Crippen LogP contribution >= 0.6 is 0 Å². The molecule has 0 aliphatic heterocycles. The quantitative estimate of drug-likeness (QED) is 0.656. The zero-order valence-electron chi connectivity index (χ0n) is 7.14. The van der Waals surface area contributed by atoms with Crippen molar-refractivity contribution in [2.45, 2.75) is 0 Å². The molecule has 5 heteroatoms. The van der Waals surface area contributed by atoms with Gasteiger partial charge in [0.15, 0.2) is 0 Å². The number of fused-ring (bicyclic) bond motifs is 1. The second-order valence-electron chi connectivity index (χ2n) is 2.92. The fourth-order valence-electron chi connectivity index (χ4n) is 1.44. The molecule has 68 valence electrons. The van der Waals surface area contributed by atoms with E-state index >= 15 is 0 Å². The van der Waals surface area contributed by atoms with Crippen molar-refractivity contribution >= 4 is 26.0 Å². The zero-order chi connectivity index (χ0) is 9.38. The molecule has 14 heavy (non-hydrogen) atoms. The molecule has 0 fully saturated rings. The molecule has 0 saturated heterocycles. The molecule has 0 saturated carbocycles. The fourth-order valence-corrected chi connectivity index (χ4v) is 2.59. The minimum atomic E-state index is 0.0299. The number of rotatable bonds is 1. The SMILES string of the molecule is c1cc(-c2cn[nH]c2)c2n[se]nc2c1. The molecule has 0 bridgehead atoms. The summed E-state index contributed by atoms with van der Waals surface area (Å²) in [7, 11) is 0. The minimum absolute atomic E-state index is 0.0299. The van der Waals surface area contributed by atoms with Gasteiger partial charge in [0.2, 0.25) is 0 Å². The third kappa shape index (κ3) is 1.10. The van der Waals surface area contributed by atoms with Crippen molar-refractivity contribution in [3.8, 4) is 11.1 Å². The van der Waals surface area contributed by atoms with Crippen LogP contribution in [0.3, 0.4) is 0 Å². The summed E-state index contributed by atoms with van der Waals surface area (Å²) in [5, 5.41) is 6.73. The van der Waals surface area contributed by atoms with E-state index in [1.54, 1.807) is 6.20 Å². The van der Waals surface area contributed by atoms with Crippen molar-refractivity contribution in [3.63, 3.8) is 0 Å². The number of hydrogen-bond acceptors (Lipinski definition) is 3. The van der Waals surface area contributed by atoms with Crippen LogP contribution < -0.4 is 0 Å². The predicted molar refractivity (Wildman–Crippen MR) is 54.1 cm³/mol. The number of H-pyrrole nitrogens is 1. The molecule has 3 rings (SSSR count). The Morgan fingerprint density at radius 1 is 1.21 bits per heavy atom. The van der Waals surface area contributed by atoms with Crippen molar-refractivity contribution in [2.24, 2.45) is 0 Å². The Morgan fingerprint density at radius 2 is 2.21 bits per heavy atom. The van der Waals surface area contributed by atoms with Crippen molar-refractivity contribution in [3.05, 3.63) is 30.6 Å². The van der Waals surface area contributed by atoms with Crippen LogP contribution in [0.1, 0.15) is 0 Å². The maximum atomic E-state index is 4.41. The Bertz CT molecular complexity index is 555. The molecule has 0 unspecified atom stereocenters. The van der Waals surface area contributed by atoms with Crippen LogP contribution in [0.2, 0.25) is 0 Å². The van der Waals surface area contributed by atoms with Gasteiger partial charge in [-0.25, -0.2) is 0 Å². The molecule has 1 aromatic carbocycles. The van der Waals surface area contributed by atoms with E-state index in [4.69, 9.17) is 0 Å². The number of nitrogens with zero attached hydrogens (tertiary/aromatic N) is 3. The Balaban J connectivity index is 2.36. The summed E-state index contributed by atoms with van der Waals surface area (Å²) >= 11 is 0.0299. The van der Waals surface area contributed by atoms with Crippen molar-refractivity contribution in [1.29, 1.82) is 0 Å². The Hall–Kier alpha value is -1.45. The van der Waals surface area contributed by atoms with Gasteiger partial charge in [-0.3, -0.25) is 0 Å². The summed E-state index contributed by atoms with van der Waals surface area (Å²) in [4.78, 5) is 0. The number of hydrogen-bond donors (Lipinski definition) is 1. The van der Waals surface area contributed by atoms with Gasteiger partial charge in [0.1, 0.15) is 0 Å². The molecule has 4 nitrogen and oxygen atoms in total. The summed E-state index contributed by atoms with van der Waals surface area (Å²) in [5.74, 6) is 0. The van der Waals surface area contributed by atoms with Crippen LogP contribution in [0.15, 0.2) is 30.6 Å². The van der Waals surface area contributed by atoms with Gasteiger partial charge >= 0.3 is 85.9 Å². The standard InChI is InChI=1S/C9H6N4Se/c1-2-7(6-4-10-11-5-6)9-8(3-1)12-14-13-9/h1-5H,(H,10,11). The first-order valence-corrected chi connectivity index (χ1v) is 5.69. The van der Waals surface area contributed by atoms with E-state index in [1.165, 1.54) is 0 Å². The average molecular weight is 249 g/mol. The molecule has 0 spiro atoms. The van der Waals surface area contributed by atoms with Crippen molar-refractivity contribution in [2.75, 3.05) is 0 Å². The van der Waals surface area contributed by atoms with E-state index in [0.717, 1.165) is 22.2 Å². The van der Waals surface area contributed by atoms with Gasteiger partial charge in [0.05, 0.1) is 0 Å². The average Bonchev–Trinajstić information content (AvgIpc) is 2.88. The first-order valence-electron chi connectivity index (χ1n) is 4.15. The van der Waals surface area contributed by atoms with Gasteiger partial charge in [-0.1, -0.05) is 0 Å². The van der Waals surface area contributed by atoms with Gasteiger partial charge in [-0.2, -0.15) is 0 Å². The van der Waals surface area contributed by atoms with E-state index in [-0.39, 0.29) is 15.0 Å². The van der Waals surface area contributed by atoms with Gasteiger partial charge in [-0.15, -0.1) is 0 Å². The summed E-state index contributed by atoms with van der Waals surface area (Å²) in [6.45, 7) is 0. The Kier molecular flexibility index (Phi) is 1.72. The van der Waals surface area contributed by atoms with E-state index in [0.29, 0.717) is 0 Å². The molecule has 2 heterocycles. The van der Waals surface area contributed by atoms with Crippen LogP contribution in [0.4, 0.5) is 0 Å². The third-order valence-electron chi connectivity index (χ3n) is 2.10. The van der Waals surface area contributed by atoms with E-state index in [1.807, 2.05) is 24.4 Å². The summed E-state index contributed by atoms with van der Waals surface area (Å²) < 4.78 is 8.74. The van der Waals surface area contributed by atoms with E-state index in [2.05, 4.69) is 18.2 Å². The molecule has 0 amide bonds. The van der Waals surface area contributed by atoms with Gasteiger partial charge < -0.3 is 0 Å². The molecule has 0 aliphatic carbocycles. The summed E-state index contributed by atoms with van der Waals surface area (Å²) in [6.07, 6.45) is 3.67. The second kappa shape index (κ2) is 3.04. The first kappa shape index (κ1) is 7.91. The summed E-state index contributed by atoms with van der Waals surface area (Å²) in [6, 6.07) is 6.04. The van der Waals surface area contributed by atoms with Gasteiger partial charge in [0, 0.05) is 0 Å². The molecule has 1 N–H and O–H groups in total. The molecular weight excluding hydrogens is 243 g/mol. The van der Waals surface area contributed by atoms with E-state index < -0.39 is 0 Å². The normalized spacial score (nSPS) is 10.9. The Morgan fingerprint density at radius 3 is 3.07 bits per heavy atom. The van der Waals surface area contributed by atoms with E-state index in [9.17, 15) is 0 Å². The first-order chi connectivity index (χ1) is 6.95. The number of nitrogens with one attached hydrogen (secondary N) is 1. The topological polar surface area (TPSA) is 54.5 Å². The zero-order valence-corrected chi connectivity index (χ0v) is 8.85. The van der Waals surface area contributed by atoms with Crippen LogP contribution in [-0.2, 0) is 0 Å².